The molecule has 3 rings (SSSR count). The second-order valence-corrected chi connectivity index (χ2v) is 7.39. The average molecular weight is 289 g/mol. The lowest BCUT2D eigenvalue weighted by Crippen LogP contribution is -2.42. The molecule has 2 N–H and O–H groups in total. The number of aromatic nitrogens is 2. The molecule has 0 aliphatic heterocycles. The van der Waals surface area contributed by atoms with Crippen molar-refractivity contribution in [1.82, 2.24) is 9.78 Å². The lowest BCUT2D eigenvalue weighted by molar-refractivity contribution is 0.304. The van der Waals surface area contributed by atoms with Crippen LogP contribution >= 0.6 is 0 Å². The van der Waals surface area contributed by atoms with Crippen molar-refractivity contribution in [3.8, 4) is 0 Å². The third-order valence-electron chi connectivity index (χ3n) is 5.49. The quantitative estimate of drug-likeness (QED) is 0.897. The molecular formula is C18H31N3. The molecule has 1 aromatic heterocycles. The van der Waals surface area contributed by atoms with E-state index >= 15 is 0 Å². The van der Waals surface area contributed by atoms with Crippen molar-refractivity contribution in [2.45, 2.75) is 95.1 Å². The van der Waals surface area contributed by atoms with Crippen molar-refractivity contribution in [3.05, 3.63) is 18.0 Å². The van der Waals surface area contributed by atoms with Gasteiger partial charge in [-0.15, -0.1) is 0 Å². The van der Waals surface area contributed by atoms with Gasteiger partial charge in [0.1, 0.15) is 0 Å². The molecule has 0 bridgehead atoms. The van der Waals surface area contributed by atoms with Crippen molar-refractivity contribution in [2.24, 2.45) is 5.73 Å². The first kappa shape index (κ1) is 15.1. The van der Waals surface area contributed by atoms with Crippen molar-refractivity contribution < 1.29 is 0 Å². The van der Waals surface area contributed by atoms with Crippen LogP contribution < -0.4 is 5.73 Å². The summed E-state index contributed by atoms with van der Waals surface area (Å²) in [4.78, 5) is 0. The molecule has 2 aliphatic rings. The molecule has 2 fully saturated rings. The Morgan fingerprint density at radius 2 is 1.62 bits per heavy atom. The summed E-state index contributed by atoms with van der Waals surface area (Å²) in [5.41, 5.74) is 7.90. The van der Waals surface area contributed by atoms with Crippen LogP contribution in [-0.4, -0.2) is 15.3 Å². The van der Waals surface area contributed by atoms with E-state index in [0.717, 1.165) is 6.42 Å². The van der Waals surface area contributed by atoms with Gasteiger partial charge < -0.3 is 5.73 Å². The van der Waals surface area contributed by atoms with E-state index in [1.807, 2.05) is 0 Å². The van der Waals surface area contributed by atoms with Crippen LogP contribution in [0.3, 0.4) is 0 Å². The Kier molecular flexibility index (Phi) is 4.99. The molecule has 1 heterocycles. The number of rotatable bonds is 3. The zero-order valence-electron chi connectivity index (χ0n) is 13.4. The van der Waals surface area contributed by atoms with Crippen LogP contribution in [0.5, 0.6) is 0 Å². The second-order valence-electron chi connectivity index (χ2n) is 7.39. The predicted octanol–water partition coefficient (Wildman–Crippen LogP) is 4.37. The summed E-state index contributed by atoms with van der Waals surface area (Å²) in [6.45, 7) is 0. The Hall–Kier alpha value is -0.830. The van der Waals surface area contributed by atoms with E-state index in [-0.39, 0.29) is 5.54 Å². The molecule has 21 heavy (non-hydrogen) atoms. The monoisotopic (exact) mass is 289 g/mol. The van der Waals surface area contributed by atoms with Crippen molar-refractivity contribution in [1.29, 1.82) is 0 Å². The van der Waals surface area contributed by atoms with Gasteiger partial charge in [0.15, 0.2) is 0 Å². The lowest BCUT2D eigenvalue weighted by atomic mass is 9.81. The smallest absolute Gasteiger partial charge is 0.0643 e. The molecule has 1 aromatic rings. The van der Waals surface area contributed by atoms with Gasteiger partial charge in [0, 0.05) is 18.2 Å². The van der Waals surface area contributed by atoms with Crippen molar-refractivity contribution >= 4 is 0 Å². The Morgan fingerprint density at radius 3 is 2.33 bits per heavy atom. The number of hydrogen-bond acceptors (Lipinski definition) is 2. The number of hydrogen-bond donors (Lipinski definition) is 1. The highest BCUT2D eigenvalue weighted by molar-refractivity contribution is 5.06. The summed E-state index contributed by atoms with van der Waals surface area (Å²) in [5, 5.41) is 4.86. The van der Waals surface area contributed by atoms with Gasteiger partial charge in [-0.25, -0.2) is 0 Å². The van der Waals surface area contributed by atoms with Crippen LogP contribution in [0.4, 0.5) is 0 Å². The first-order chi connectivity index (χ1) is 10.3. The number of nitrogens with zero attached hydrogens (tertiary/aromatic N) is 2. The van der Waals surface area contributed by atoms with Crippen molar-refractivity contribution in [3.63, 3.8) is 0 Å². The molecule has 0 radical (unpaired) electrons. The molecule has 0 unspecified atom stereocenters. The fraction of sp³-hybridized carbons (Fsp3) is 0.833. The van der Waals surface area contributed by atoms with Gasteiger partial charge in [0.05, 0.1) is 11.7 Å². The first-order valence-corrected chi connectivity index (χ1v) is 9.08. The fourth-order valence-electron chi connectivity index (χ4n) is 4.17. The van der Waals surface area contributed by atoms with Gasteiger partial charge in [-0.1, -0.05) is 51.4 Å². The summed E-state index contributed by atoms with van der Waals surface area (Å²) < 4.78 is 2.22. The standard InChI is InChI=1S/C18H31N3/c19-18(12-7-2-1-3-8-13-18)15-16-11-14-21(20-16)17-9-5-4-6-10-17/h11,14,17H,1-10,12-13,15,19H2. The van der Waals surface area contributed by atoms with E-state index in [2.05, 4.69) is 16.9 Å². The van der Waals surface area contributed by atoms with E-state index in [1.54, 1.807) is 0 Å². The Bertz CT molecular complexity index is 423. The van der Waals surface area contributed by atoms with Crippen LogP contribution in [0.15, 0.2) is 12.3 Å². The average Bonchev–Trinajstić information content (AvgIpc) is 2.93. The molecule has 0 aromatic carbocycles. The minimum absolute atomic E-state index is 0.00777. The highest BCUT2D eigenvalue weighted by Crippen LogP contribution is 2.29. The maximum absolute atomic E-state index is 6.70. The Morgan fingerprint density at radius 1 is 1.00 bits per heavy atom. The summed E-state index contributed by atoms with van der Waals surface area (Å²) in [6.07, 6.45) is 18.9. The molecule has 3 nitrogen and oxygen atoms in total. The van der Waals surface area contributed by atoms with E-state index < -0.39 is 0 Å². The van der Waals surface area contributed by atoms with Gasteiger partial charge in [0.2, 0.25) is 0 Å². The zero-order valence-corrected chi connectivity index (χ0v) is 13.4. The summed E-state index contributed by atoms with van der Waals surface area (Å²) in [5.74, 6) is 0. The molecule has 2 saturated carbocycles. The van der Waals surface area contributed by atoms with Gasteiger partial charge in [-0.3, -0.25) is 4.68 Å². The minimum atomic E-state index is -0.00777. The zero-order chi connectivity index (χ0) is 14.5. The summed E-state index contributed by atoms with van der Waals surface area (Å²) in [7, 11) is 0. The molecule has 0 spiro atoms. The van der Waals surface area contributed by atoms with Gasteiger partial charge in [0.25, 0.3) is 0 Å². The molecule has 0 atom stereocenters. The molecule has 3 heteroatoms. The van der Waals surface area contributed by atoms with E-state index in [0.29, 0.717) is 6.04 Å². The predicted molar refractivity (Wildman–Crippen MR) is 87.3 cm³/mol. The maximum atomic E-state index is 6.70. The maximum Gasteiger partial charge on any atom is 0.0643 e. The molecule has 0 amide bonds. The van der Waals surface area contributed by atoms with Crippen LogP contribution in [0.1, 0.15) is 88.8 Å². The minimum Gasteiger partial charge on any atom is -0.325 e. The Labute approximate surface area is 129 Å². The highest BCUT2D eigenvalue weighted by atomic mass is 15.3. The first-order valence-electron chi connectivity index (χ1n) is 9.08. The fourth-order valence-corrected chi connectivity index (χ4v) is 4.17. The highest BCUT2D eigenvalue weighted by Gasteiger charge is 2.27. The van der Waals surface area contributed by atoms with Crippen LogP contribution in [0.25, 0.3) is 0 Å². The summed E-state index contributed by atoms with van der Waals surface area (Å²) >= 11 is 0. The van der Waals surface area contributed by atoms with Crippen molar-refractivity contribution in [2.75, 3.05) is 0 Å². The van der Waals surface area contributed by atoms with Crippen LogP contribution in [-0.2, 0) is 6.42 Å². The normalized spacial score (nSPS) is 24.4. The second kappa shape index (κ2) is 6.95. The van der Waals surface area contributed by atoms with Crippen LogP contribution in [0.2, 0.25) is 0 Å². The SMILES string of the molecule is NC1(Cc2ccn(C3CCCCC3)n2)CCCCCCC1. The Balaban J connectivity index is 1.62. The molecule has 0 saturated heterocycles. The molecule has 118 valence electrons. The molecule has 2 aliphatic carbocycles. The van der Waals surface area contributed by atoms with Gasteiger partial charge in [-0.05, 0) is 31.7 Å². The van der Waals surface area contributed by atoms with E-state index in [9.17, 15) is 0 Å². The molecular weight excluding hydrogens is 258 g/mol. The van der Waals surface area contributed by atoms with Gasteiger partial charge in [-0.2, -0.15) is 5.10 Å². The number of nitrogens with two attached hydrogens (primary N) is 1. The summed E-state index contributed by atoms with van der Waals surface area (Å²) in [6, 6.07) is 2.85. The lowest BCUT2D eigenvalue weighted by Gasteiger charge is -2.31. The largest absolute Gasteiger partial charge is 0.325 e. The van der Waals surface area contributed by atoms with E-state index in [4.69, 9.17) is 10.8 Å². The topological polar surface area (TPSA) is 43.8 Å². The van der Waals surface area contributed by atoms with Crippen LogP contribution in [0, 0.1) is 0 Å². The van der Waals surface area contributed by atoms with Gasteiger partial charge >= 0.3 is 0 Å². The third-order valence-corrected chi connectivity index (χ3v) is 5.49. The third kappa shape index (κ3) is 4.09. The van der Waals surface area contributed by atoms with E-state index in [1.165, 1.54) is 82.7 Å².